The Balaban J connectivity index is 1.70. The van der Waals surface area contributed by atoms with E-state index < -0.39 is 0 Å². The molecular formula is C17H27N3O. The van der Waals surface area contributed by atoms with Crippen molar-refractivity contribution in [2.24, 2.45) is 0 Å². The Bertz CT molecular complexity index is 485. The van der Waals surface area contributed by atoms with Crippen molar-refractivity contribution < 1.29 is 4.79 Å². The van der Waals surface area contributed by atoms with Crippen molar-refractivity contribution in [1.29, 1.82) is 0 Å². The molecule has 0 radical (unpaired) electrons. The topological polar surface area (TPSA) is 44.4 Å². The van der Waals surface area contributed by atoms with Gasteiger partial charge in [-0.2, -0.15) is 0 Å². The minimum Gasteiger partial charge on any atom is -0.384 e. The molecule has 1 aromatic carbocycles. The van der Waals surface area contributed by atoms with Gasteiger partial charge in [-0.15, -0.1) is 0 Å². The lowest BCUT2D eigenvalue weighted by atomic mass is 10.1. The number of benzene rings is 1. The van der Waals surface area contributed by atoms with Gasteiger partial charge in [0.2, 0.25) is 0 Å². The molecule has 4 heteroatoms. The van der Waals surface area contributed by atoms with Crippen molar-refractivity contribution in [3.05, 3.63) is 29.3 Å². The first kappa shape index (κ1) is 15.8. The monoisotopic (exact) mass is 289 g/mol. The molecule has 0 fully saturated rings. The lowest BCUT2D eigenvalue weighted by Gasteiger charge is -2.20. The molecule has 0 bridgehead atoms. The van der Waals surface area contributed by atoms with Gasteiger partial charge >= 0.3 is 0 Å². The van der Waals surface area contributed by atoms with Crippen LogP contribution in [-0.2, 0) is 6.42 Å². The van der Waals surface area contributed by atoms with E-state index in [1.54, 1.807) is 0 Å². The molecule has 21 heavy (non-hydrogen) atoms. The van der Waals surface area contributed by atoms with E-state index in [1.807, 2.05) is 12.1 Å². The molecule has 0 aromatic heterocycles. The van der Waals surface area contributed by atoms with Crippen LogP contribution < -0.4 is 10.6 Å². The first-order valence-corrected chi connectivity index (χ1v) is 7.93. The second-order valence-electron chi connectivity index (χ2n) is 6.09. The summed E-state index contributed by atoms with van der Waals surface area (Å²) in [6, 6.07) is 6.53. The molecule has 4 nitrogen and oxygen atoms in total. The van der Waals surface area contributed by atoms with E-state index in [0.717, 1.165) is 50.1 Å². The van der Waals surface area contributed by atoms with Gasteiger partial charge in [-0.25, -0.2) is 0 Å². The predicted molar refractivity (Wildman–Crippen MR) is 88.0 cm³/mol. The molecule has 0 atom stereocenters. The Labute approximate surface area is 127 Å². The number of carbonyl (C=O) groups is 1. The summed E-state index contributed by atoms with van der Waals surface area (Å²) in [5.41, 5.74) is 3.17. The molecule has 1 heterocycles. The van der Waals surface area contributed by atoms with Gasteiger partial charge in [0.1, 0.15) is 0 Å². The van der Waals surface area contributed by atoms with Gasteiger partial charge in [-0.1, -0.05) is 6.07 Å². The fraction of sp³-hybridized carbons (Fsp3) is 0.588. The number of hydrogen-bond acceptors (Lipinski definition) is 3. The maximum absolute atomic E-state index is 12.1. The zero-order chi connectivity index (χ0) is 15.2. The van der Waals surface area contributed by atoms with Gasteiger partial charge < -0.3 is 15.5 Å². The Morgan fingerprint density at radius 1 is 1.38 bits per heavy atom. The van der Waals surface area contributed by atoms with E-state index in [2.05, 4.69) is 42.5 Å². The second kappa shape index (κ2) is 7.46. The van der Waals surface area contributed by atoms with E-state index >= 15 is 0 Å². The Kier molecular flexibility index (Phi) is 5.62. The van der Waals surface area contributed by atoms with Crippen LogP contribution in [0, 0.1) is 0 Å². The van der Waals surface area contributed by atoms with Crippen LogP contribution in [0.2, 0.25) is 0 Å². The van der Waals surface area contributed by atoms with Crippen molar-refractivity contribution in [3.63, 3.8) is 0 Å². The Hall–Kier alpha value is -1.55. The lowest BCUT2D eigenvalue weighted by Crippen LogP contribution is -2.29. The highest BCUT2D eigenvalue weighted by Crippen LogP contribution is 2.23. The van der Waals surface area contributed by atoms with Crippen LogP contribution in [0.3, 0.4) is 0 Å². The first-order valence-electron chi connectivity index (χ1n) is 7.93. The summed E-state index contributed by atoms with van der Waals surface area (Å²) in [5.74, 6) is 0.0312. The molecule has 1 aromatic rings. The standard InChI is InChI=1S/C17H27N3O/c1-13(2)20(3)11-5-4-9-19-17(21)15-7-6-14-8-10-18-16(14)12-15/h6-7,12-13,18H,4-5,8-11H2,1-3H3,(H,19,21). The lowest BCUT2D eigenvalue weighted by molar-refractivity contribution is 0.0952. The summed E-state index contributed by atoms with van der Waals surface area (Å²) in [5, 5.41) is 6.32. The van der Waals surface area contributed by atoms with Crippen molar-refractivity contribution in [1.82, 2.24) is 10.2 Å². The zero-order valence-corrected chi connectivity index (χ0v) is 13.4. The number of fused-ring (bicyclic) bond motifs is 1. The fourth-order valence-electron chi connectivity index (χ4n) is 2.48. The van der Waals surface area contributed by atoms with Gasteiger partial charge in [-0.3, -0.25) is 4.79 Å². The number of amides is 1. The average Bonchev–Trinajstić information content (AvgIpc) is 2.93. The Morgan fingerprint density at radius 2 is 2.19 bits per heavy atom. The maximum atomic E-state index is 12.1. The Morgan fingerprint density at radius 3 is 2.95 bits per heavy atom. The van der Waals surface area contributed by atoms with Gasteiger partial charge in [0.05, 0.1) is 0 Å². The zero-order valence-electron chi connectivity index (χ0n) is 13.4. The highest BCUT2D eigenvalue weighted by atomic mass is 16.1. The highest BCUT2D eigenvalue weighted by molar-refractivity contribution is 5.95. The number of nitrogens with zero attached hydrogens (tertiary/aromatic N) is 1. The van der Waals surface area contributed by atoms with E-state index in [0.29, 0.717) is 6.04 Å². The number of hydrogen-bond donors (Lipinski definition) is 2. The van der Waals surface area contributed by atoms with E-state index in [1.165, 1.54) is 5.56 Å². The largest absolute Gasteiger partial charge is 0.384 e. The molecule has 1 aliphatic rings. The summed E-state index contributed by atoms with van der Waals surface area (Å²) < 4.78 is 0. The quantitative estimate of drug-likeness (QED) is 0.758. The van der Waals surface area contributed by atoms with E-state index in [9.17, 15) is 4.79 Å². The second-order valence-corrected chi connectivity index (χ2v) is 6.09. The van der Waals surface area contributed by atoms with Crippen molar-refractivity contribution >= 4 is 11.6 Å². The van der Waals surface area contributed by atoms with Crippen molar-refractivity contribution in [3.8, 4) is 0 Å². The SMILES string of the molecule is CC(C)N(C)CCCCNC(=O)c1ccc2c(c1)NCC2. The van der Waals surface area contributed by atoms with Crippen molar-refractivity contribution in [2.45, 2.75) is 39.2 Å². The number of unbranched alkanes of at least 4 members (excludes halogenated alkanes) is 1. The normalized spacial score (nSPS) is 13.4. The third-order valence-corrected chi connectivity index (χ3v) is 4.19. The van der Waals surface area contributed by atoms with Crippen LogP contribution in [0.5, 0.6) is 0 Å². The van der Waals surface area contributed by atoms with Crippen LogP contribution >= 0.6 is 0 Å². The van der Waals surface area contributed by atoms with Crippen LogP contribution in [0.4, 0.5) is 5.69 Å². The third-order valence-electron chi connectivity index (χ3n) is 4.19. The smallest absolute Gasteiger partial charge is 0.251 e. The summed E-state index contributed by atoms with van der Waals surface area (Å²) in [7, 11) is 2.14. The average molecular weight is 289 g/mol. The number of rotatable bonds is 7. The summed E-state index contributed by atoms with van der Waals surface area (Å²) in [4.78, 5) is 14.4. The highest BCUT2D eigenvalue weighted by Gasteiger charge is 2.13. The van der Waals surface area contributed by atoms with Gasteiger partial charge in [0, 0.05) is 30.4 Å². The number of carbonyl (C=O) groups excluding carboxylic acids is 1. The van der Waals surface area contributed by atoms with E-state index in [-0.39, 0.29) is 5.91 Å². The molecule has 1 amide bonds. The predicted octanol–water partition coefficient (Wildman–Crippen LogP) is 2.50. The first-order chi connectivity index (χ1) is 10.1. The number of nitrogens with one attached hydrogen (secondary N) is 2. The van der Waals surface area contributed by atoms with Crippen molar-refractivity contribution in [2.75, 3.05) is 32.0 Å². The molecule has 0 saturated carbocycles. The molecule has 0 spiro atoms. The summed E-state index contributed by atoms with van der Waals surface area (Å²) in [6.07, 6.45) is 3.19. The van der Waals surface area contributed by atoms with Gasteiger partial charge in [-0.05, 0) is 64.4 Å². The molecule has 2 rings (SSSR count). The number of anilines is 1. The fourth-order valence-corrected chi connectivity index (χ4v) is 2.48. The molecule has 2 N–H and O–H groups in total. The van der Waals surface area contributed by atoms with Crippen LogP contribution in [0.1, 0.15) is 42.6 Å². The third kappa shape index (κ3) is 4.46. The van der Waals surface area contributed by atoms with Crippen LogP contribution in [-0.4, -0.2) is 43.5 Å². The van der Waals surface area contributed by atoms with Gasteiger partial charge in [0.25, 0.3) is 5.91 Å². The van der Waals surface area contributed by atoms with Crippen LogP contribution in [0.25, 0.3) is 0 Å². The molecular weight excluding hydrogens is 262 g/mol. The minimum absolute atomic E-state index is 0.0312. The summed E-state index contributed by atoms with van der Waals surface area (Å²) >= 11 is 0. The molecule has 1 aliphatic heterocycles. The van der Waals surface area contributed by atoms with Crippen LogP contribution in [0.15, 0.2) is 18.2 Å². The summed E-state index contributed by atoms with van der Waals surface area (Å²) in [6.45, 7) is 7.20. The maximum Gasteiger partial charge on any atom is 0.251 e. The molecule has 0 aliphatic carbocycles. The minimum atomic E-state index is 0.0312. The molecule has 0 saturated heterocycles. The molecule has 116 valence electrons. The van der Waals surface area contributed by atoms with E-state index in [4.69, 9.17) is 0 Å². The molecule has 0 unspecified atom stereocenters. The van der Waals surface area contributed by atoms with Gasteiger partial charge in [0.15, 0.2) is 0 Å².